The number of ether oxygens (including phenoxy) is 1. The van der Waals surface area contributed by atoms with Gasteiger partial charge in [0, 0.05) is 19.2 Å². The van der Waals surface area contributed by atoms with Crippen LogP contribution in [0.15, 0.2) is 0 Å². The van der Waals surface area contributed by atoms with Crippen LogP contribution in [-0.4, -0.2) is 65.6 Å². The van der Waals surface area contributed by atoms with Gasteiger partial charge in [0.1, 0.15) is 5.41 Å². The molecule has 120 valence electrons. The number of aliphatic hydroxyl groups is 1. The maximum atomic E-state index is 12.4. The van der Waals surface area contributed by atoms with Crippen molar-refractivity contribution in [3.8, 4) is 0 Å². The van der Waals surface area contributed by atoms with Gasteiger partial charge >= 0.3 is 12.0 Å². The highest BCUT2D eigenvalue weighted by molar-refractivity contribution is 5.79. The van der Waals surface area contributed by atoms with E-state index in [1.165, 1.54) is 0 Å². The number of nitrogens with one attached hydrogen (secondary N) is 1. The van der Waals surface area contributed by atoms with E-state index in [-0.39, 0.29) is 31.9 Å². The van der Waals surface area contributed by atoms with E-state index in [0.717, 1.165) is 19.3 Å². The van der Waals surface area contributed by atoms with Gasteiger partial charge in [-0.2, -0.15) is 0 Å². The van der Waals surface area contributed by atoms with Crippen LogP contribution in [0, 0.1) is 5.41 Å². The van der Waals surface area contributed by atoms with E-state index in [4.69, 9.17) is 9.84 Å². The first-order chi connectivity index (χ1) is 9.99. The lowest BCUT2D eigenvalue weighted by Gasteiger charge is -2.37. The van der Waals surface area contributed by atoms with Crippen molar-refractivity contribution in [1.82, 2.24) is 10.2 Å². The van der Waals surface area contributed by atoms with Crippen LogP contribution in [0.5, 0.6) is 0 Å². The lowest BCUT2D eigenvalue weighted by molar-refractivity contribution is -0.148. The molecule has 0 aliphatic carbocycles. The number of carbonyl (C=O) groups is 2. The second kappa shape index (κ2) is 6.62. The Balaban J connectivity index is 2.01. The van der Waals surface area contributed by atoms with Crippen molar-refractivity contribution in [2.45, 2.75) is 44.7 Å². The number of hydrogen-bond acceptors (Lipinski definition) is 4. The topological polar surface area (TPSA) is 99.1 Å². The van der Waals surface area contributed by atoms with Crippen LogP contribution in [0.1, 0.15) is 32.6 Å². The first-order valence-corrected chi connectivity index (χ1v) is 7.48. The summed E-state index contributed by atoms with van der Waals surface area (Å²) in [6, 6.07) is -0.752. The predicted octanol–water partition coefficient (Wildman–Crippen LogP) is 0.423. The number of carboxylic acid groups (broad SMARTS) is 1. The molecule has 0 aromatic carbocycles. The summed E-state index contributed by atoms with van der Waals surface area (Å²) in [6.45, 7) is 2.61. The molecule has 0 aromatic rings. The van der Waals surface area contributed by atoms with Gasteiger partial charge in [-0.05, 0) is 32.6 Å². The quantitative estimate of drug-likeness (QED) is 0.699. The van der Waals surface area contributed by atoms with E-state index in [1.54, 1.807) is 11.8 Å². The molecular weight excluding hydrogens is 276 g/mol. The fourth-order valence-electron chi connectivity index (χ4n) is 3.03. The molecule has 3 N–H and O–H groups in total. The fourth-order valence-corrected chi connectivity index (χ4v) is 3.03. The van der Waals surface area contributed by atoms with Crippen LogP contribution in [0.4, 0.5) is 4.79 Å². The third kappa shape index (κ3) is 3.29. The summed E-state index contributed by atoms with van der Waals surface area (Å²) in [5.74, 6) is -0.962. The highest BCUT2D eigenvalue weighted by Gasteiger charge is 2.48. The normalized spacial score (nSPS) is 33.0. The first-order valence-electron chi connectivity index (χ1n) is 7.48. The van der Waals surface area contributed by atoms with Gasteiger partial charge in [-0.3, -0.25) is 4.79 Å². The van der Waals surface area contributed by atoms with E-state index in [1.807, 2.05) is 0 Å². The molecule has 0 saturated carbocycles. The summed E-state index contributed by atoms with van der Waals surface area (Å²) in [4.78, 5) is 25.5. The lowest BCUT2D eigenvalue weighted by atomic mass is 9.85. The van der Waals surface area contributed by atoms with Crippen LogP contribution in [0.2, 0.25) is 0 Å². The number of carboxylic acids is 1. The number of likely N-dealkylation sites (tertiary alicyclic amines) is 1. The zero-order valence-corrected chi connectivity index (χ0v) is 12.4. The number of carbonyl (C=O) groups excluding carboxylic acids is 1. The largest absolute Gasteiger partial charge is 0.481 e. The Hall–Kier alpha value is -1.34. The molecule has 2 amide bonds. The molecular formula is C14H24N2O5. The molecule has 2 aliphatic heterocycles. The minimum atomic E-state index is -1.09. The molecule has 21 heavy (non-hydrogen) atoms. The van der Waals surface area contributed by atoms with Crippen molar-refractivity contribution in [2.75, 3.05) is 26.4 Å². The van der Waals surface area contributed by atoms with Crippen molar-refractivity contribution in [3.63, 3.8) is 0 Å². The molecule has 2 saturated heterocycles. The van der Waals surface area contributed by atoms with E-state index in [9.17, 15) is 14.7 Å². The van der Waals surface area contributed by atoms with Crippen molar-refractivity contribution >= 4 is 12.0 Å². The molecule has 2 heterocycles. The second-order valence-corrected chi connectivity index (χ2v) is 6.10. The molecule has 3 atom stereocenters. The molecule has 3 unspecified atom stereocenters. The highest BCUT2D eigenvalue weighted by Crippen LogP contribution is 2.29. The van der Waals surface area contributed by atoms with Gasteiger partial charge < -0.3 is 25.2 Å². The van der Waals surface area contributed by atoms with Crippen LogP contribution in [0.3, 0.4) is 0 Å². The SMILES string of the molecule is CC1(C(=O)O)COCC1NC(=O)N1CCCCC1CCO. The van der Waals surface area contributed by atoms with Gasteiger partial charge in [0.25, 0.3) is 0 Å². The van der Waals surface area contributed by atoms with Gasteiger partial charge in [0.05, 0.1) is 19.3 Å². The van der Waals surface area contributed by atoms with Crippen molar-refractivity contribution in [1.29, 1.82) is 0 Å². The zero-order chi connectivity index (χ0) is 15.5. The van der Waals surface area contributed by atoms with Gasteiger partial charge in [0.15, 0.2) is 0 Å². The number of urea groups is 1. The number of piperidine rings is 1. The minimum absolute atomic E-state index is 0.0298. The third-order valence-corrected chi connectivity index (χ3v) is 4.59. The van der Waals surface area contributed by atoms with E-state index in [0.29, 0.717) is 13.0 Å². The summed E-state index contributed by atoms with van der Waals surface area (Å²) in [7, 11) is 0. The maximum Gasteiger partial charge on any atom is 0.317 e. The van der Waals surface area contributed by atoms with Gasteiger partial charge in [0.2, 0.25) is 0 Å². The molecule has 0 aromatic heterocycles. The summed E-state index contributed by atoms with van der Waals surface area (Å²) in [5.41, 5.74) is -1.09. The van der Waals surface area contributed by atoms with Gasteiger partial charge in [-0.25, -0.2) is 4.79 Å². The van der Waals surface area contributed by atoms with Gasteiger partial charge in [-0.1, -0.05) is 0 Å². The number of amides is 2. The third-order valence-electron chi connectivity index (χ3n) is 4.59. The molecule has 0 bridgehead atoms. The molecule has 7 nitrogen and oxygen atoms in total. The Kier molecular flexibility index (Phi) is 5.05. The minimum Gasteiger partial charge on any atom is -0.481 e. The summed E-state index contributed by atoms with van der Waals surface area (Å²) in [6.07, 6.45) is 3.43. The van der Waals surface area contributed by atoms with Crippen LogP contribution in [0.25, 0.3) is 0 Å². The number of aliphatic hydroxyl groups excluding tert-OH is 1. The Bertz CT molecular complexity index is 401. The number of nitrogens with zero attached hydrogens (tertiary/aromatic N) is 1. The fraction of sp³-hybridized carbons (Fsp3) is 0.857. The first kappa shape index (κ1) is 16.0. The van der Waals surface area contributed by atoms with Gasteiger partial charge in [-0.15, -0.1) is 0 Å². The second-order valence-electron chi connectivity index (χ2n) is 6.10. The molecule has 2 fully saturated rings. The molecule has 2 aliphatic rings. The van der Waals surface area contributed by atoms with E-state index in [2.05, 4.69) is 5.32 Å². The van der Waals surface area contributed by atoms with Crippen molar-refractivity contribution < 1.29 is 24.5 Å². The highest BCUT2D eigenvalue weighted by atomic mass is 16.5. The number of aliphatic carboxylic acids is 1. The Labute approximate surface area is 124 Å². The summed E-state index contributed by atoms with van der Waals surface area (Å²) >= 11 is 0. The smallest absolute Gasteiger partial charge is 0.317 e. The lowest BCUT2D eigenvalue weighted by Crippen LogP contribution is -2.56. The van der Waals surface area contributed by atoms with E-state index >= 15 is 0 Å². The zero-order valence-electron chi connectivity index (χ0n) is 12.4. The molecule has 2 rings (SSSR count). The van der Waals surface area contributed by atoms with Crippen molar-refractivity contribution in [3.05, 3.63) is 0 Å². The van der Waals surface area contributed by atoms with Crippen LogP contribution < -0.4 is 5.32 Å². The maximum absolute atomic E-state index is 12.4. The van der Waals surface area contributed by atoms with Crippen molar-refractivity contribution in [2.24, 2.45) is 5.41 Å². The summed E-state index contributed by atoms with van der Waals surface area (Å²) < 4.78 is 5.24. The molecule has 0 spiro atoms. The Morgan fingerprint density at radius 1 is 1.43 bits per heavy atom. The number of hydrogen-bond donors (Lipinski definition) is 3. The monoisotopic (exact) mass is 300 g/mol. The molecule has 7 heteroatoms. The average molecular weight is 300 g/mol. The molecule has 0 radical (unpaired) electrons. The Morgan fingerprint density at radius 2 is 2.19 bits per heavy atom. The summed E-state index contributed by atoms with van der Waals surface area (Å²) in [5, 5.41) is 21.2. The van der Waals surface area contributed by atoms with Crippen LogP contribution in [-0.2, 0) is 9.53 Å². The predicted molar refractivity (Wildman–Crippen MR) is 74.9 cm³/mol. The number of rotatable bonds is 4. The average Bonchev–Trinajstić information content (AvgIpc) is 2.82. The van der Waals surface area contributed by atoms with Crippen LogP contribution >= 0.6 is 0 Å². The standard InChI is InChI=1S/C14H24N2O5/c1-14(12(18)19)9-21-8-11(14)15-13(20)16-6-3-2-4-10(16)5-7-17/h10-11,17H,2-9H2,1H3,(H,15,20)(H,18,19). The van der Waals surface area contributed by atoms with E-state index < -0.39 is 17.4 Å². The Morgan fingerprint density at radius 3 is 2.86 bits per heavy atom.